The molecule has 0 saturated carbocycles. The molecule has 1 fully saturated rings. The van der Waals surface area contributed by atoms with E-state index in [1.807, 2.05) is 6.07 Å². The number of nitro groups is 1. The predicted octanol–water partition coefficient (Wildman–Crippen LogP) is 3.18. The molecule has 3 rings (SSSR count). The summed E-state index contributed by atoms with van der Waals surface area (Å²) in [6.07, 6.45) is 2.99. The van der Waals surface area contributed by atoms with Crippen molar-refractivity contribution in [3.63, 3.8) is 0 Å². The summed E-state index contributed by atoms with van der Waals surface area (Å²) in [6, 6.07) is 14.3. The van der Waals surface area contributed by atoms with Crippen molar-refractivity contribution in [2.45, 2.75) is 6.92 Å². The number of non-ortho nitro benzene ring substituents is 1. The average Bonchev–Trinajstić information content (AvgIpc) is 2.99. The highest BCUT2D eigenvalue weighted by molar-refractivity contribution is 7.80. The van der Waals surface area contributed by atoms with E-state index in [-0.39, 0.29) is 28.0 Å². The number of benzene rings is 2. The van der Waals surface area contributed by atoms with Crippen molar-refractivity contribution in [1.82, 2.24) is 10.2 Å². The molecule has 2 aromatic rings. The van der Waals surface area contributed by atoms with Gasteiger partial charge in [0.1, 0.15) is 11.8 Å². The number of carbonyl (C=O) groups excluding carboxylic acids is 2. The topological polar surface area (TPSA) is 128 Å². The van der Waals surface area contributed by atoms with E-state index in [2.05, 4.69) is 10.6 Å². The number of carbonyl (C=O) groups is 2. The van der Waals surface area contributed by atoms with E-state index in [1.165, 1.54) is 42.3 Å². The van der Waals surface area contributed by atoms with Gasteiger partial charge in [0.2, 0.25) is 5.91 Å². The largest absolute Gasteiger partial charge is 0.326 e. The van der Waals surface area contributed by atoms with Gasteiger partial charge in [-0.3, -0.25) is 29.9 Å². The molecule has 1 aliphatic heterocycles. The fourth-order valence-electron chi connectivity index (χ4n) is 2.79. The zero-order valence-corrected chi connectivity index (χ0v) is 17.0. The number of hydrogen-bond acceptors (Lipinski definition) is 6. The number of nitrogens with one attached hydrogen (secondary N) is 2. The summed E-state index contributed by atoms with van der Waals surface area (Å²) in [5, 5.41) is 25.7. The zero-order valence-electron chi connectivity index (χ0n) is 16.2. The molecular formula is C21H15N5O4S. The Morgan fingerprint density at radius 2 is 1.87 bits per heavy atom. The van der Waals surface area contributed by atoms with Crippen LogP contribution in [0.4, 0.5) is 11.4 Å². The van der Waals surface area contributed by atoms with Crippen molar-refractivity contribution in [1.29, 1.82) is 5.26 Å². The number of rotatable bonds is 5. The van der Waals surface area contributed by atoms with E-state index in [4.69, 9.17) is 12.2 Å². The van der Waals surface area contributed by atoms with E-state index < -0.39 is 10.8 Å². The van der Waals surface area contributed by atoms with Crippen LogP contribution in [0.5, 0.6) is 0 Å². The number of nitro benzene ring substituents is 1. The van der Waals surface area contributed by atoms with E-state index in [0.29, 0.717) is 16.8 Å². The van der Waals surface area contributed by atoms with E-state index in [1.54, 1.807) is 30.3 Å². The first kappa shape index (κ1) is 21.4. The molecule has 0 unspecified atom stereocenters. The molecule has 1 saturated heterocycles. The van der Waals surface area contributed by atoms with Gasteiger partial charge in [-0.25, -0.2) is 0 Å². The maximum Gasteiger partial charge on any atom is 0.274 e. The van der Waals surface area contributed by atoms with Gasteiger partial charge in [-0.05, 0) is 53.7 Å². The van der Waals surface area contributed by atoms with Crippen molar-refractivity contribution in [3.05, 3.63) is 81.7 Å². The Morgan fingerprint density at radius 3 is 2.42 bits per heavy atom. The highest BCUT2D eigenvalue weighted by Crippen LogP contribution is 2.24. The summed E-state index contributed by atoms with van der Waals surface area (Å²) in [5.41, 5.74) is 2.00. The van der Waals surface area contributed by atoms with Gasteiger partial charge in [0.15, 0.2) is 5.11 Å². The lowest BCUT2D eigenvalue weighted by Crippen LogP contribution is -2.23. The minimum atomic E-state index is -0.532. The van der Waals surface area contributed by atoms with Gasteiger partial charge in [-0.1, -0.05) is 12.1 Å². The van der Waals surface area contributed by atoms with Crippen LogP contribution in [0.3, 0.4) is 0 Å². The van der Waals surface area contributed by atoms with Crippen LogP contribution in [-0.4, -0.2) is 26.8 Å². The van der Waals surface area contributed by atoms with E-state index in [0.717, 1.165) is 0 Å². The fraction of sp³-hybridized carbons (Fsp3) is 0.0476. The fourth-order valence-corrected chi connectivity index (χ4v) is 3.03. The van der Waals surface area contributed by atoms with E-state index >= 15 is 0 Å². The minimum absolute atomic E-state index is 0.0979. The second-order valence-electron chi connectivity index (χ2n) is 6.42. The molecule has 10 heteroatoms. The first-order valence-corrected chi connectivity index (χ1v) is 9.30. The van der Waals surface area contributed by atoms with E-state index in [9.17, 15) is 25.0 Å². The van der Waals surface area contributed by atoms with Crippen LogP contribution in [0, 0.1) is 21.4 Å². The number of thiocarbonyl (C=S) groups is 1. The molecule has 2 amide bonds. The summed E-state index contributed by atoms with van der Waals surface area (Å²) in [7, 11) is 0. The summed E-state index contributed by atoms with van der Waals surface area (Å²) >= 11 is 5.21. The molecule has 0 atom stereocenters. The van der Waals surface area contributed by atoms with Crippen LogP contribution in [-0.2, 0) is 9.59 Å². The second kappa shape index (κ2) is 8.98. The highest BCUT2D eigenvalue weighted by Gasteiger charge is 2.29. The van der Waals surface area contributed by atoms with Crippen LogP contribution >= 0.6 is 12.2 Å². The number of nitrogens with zero attached hydrogens (tertiary/aromatic N) is 3. The quantitative estimate of drug-likeness (QED) is 0.244. The summed E-state index contributed by atoms with van der Waals surface area (Å²) in [5.74, 6) is -0.633. The van der Waals surface area contributed by atoms with Crippen molar-refractivity contribution >= 4 is 52.2 Å². The van der Waals surface area contributed by atoms with Gasteiger partial charge >= 0.3 is 0 Å². The SMILES string of the molecule is CC(=O)Nc1ccc(/C=C2/C(=O)NC(=S)N2/C=C(/C#N)c2ccc([N+](=O)[O-])cc2)cc1. The molecular weight excluding hydrogens is 418 g/mol. The molecule has 1 aliphatic rings. The van der Waals surface area contributed by atoms with Crippen LogP contribution in [0.25, 0.3) is 11.6 Å². The third-order valence-corrected chi connectivity index (χ3v) is 4.53. The van der Waals surface area contributed by atoms with Crippen molar-refractivity contribution in [2.24, 2.45) is 0 Å². The lowest BCUT2D eigenvalue weighted by Gasteiger charge is -2.13. The van der Waals surface area contributed by atoms with Crippen molar-refractivity contribution < 1.29 is 14.5 Å². The number of amides is 2. The number of hydrogen-bond donors (Lipinski definition) is 2. The number of anilines is 1. The smallest absolute Gasteiger partial charge is 0.274 e. The molecule has 0 radical (unpaired) electrons. The number of nitriles is 1. The van der Waals surface area contributed by atoms with Crippen molar-refractivity contribution in [2.75, 3.05) is 5.32 Å². The summed E-state index contributed by atoms with van der Waals surface area (Å²) in [4.78, 5) is 35.2. The third-order valence-electron chi connectivity index (χ3n) is 4.23. The predicted molar refractivity (Wildman–Crippen MR) is 118 cm³/mol. The molecule has 0 spiro atoms. The molecule has 2 N–H and O–H groups in total. The highest BCUT2D eigenvalue weighted by atomic mass is 32.1. The van der Waals surface area contributed by atoms with Gasteiger partial charge in [0.25, 0.3) is 11.6 Å². The maximum absolute atomic E-state index is 12.4. The lowest BCUT2D eigenvalue weighted by molar-refractivity contribution is -0.384. The molecule has 0 aromatic heterocycles. The van der Waals surface area contributed by atoms with Gasteiger partial charge in [-0.2, -0.15) is 5.26 Å². The number of allylic oxidation sites excluding steroid dienone is 1. The Labute approximate surface area is 182 Å². The van der Waals surface area contributed by atoms with Crippen LogP contribution in [0.2, 0.25) is 0 Å². The Hall–Kier alpha value is -4.36. The Bertz CT molecular complexity index is 1180. The Morgan fingerprint density at radius 1 is 1.23 bits per heavy atom. The van der Waals surface area contributed by atoms with Gasteiger partial charge < -0.3 is 5.32 Å². The van der Waals surface area contributed by atoms with Gasteiger partial charge in [0.05, 0.1) is 10.5 Å². The van der Waals surface area contributed by atoms with Crippen molar-refractivity contribution in [3.8, 4) is 6.07 Å². The zero-order chi connectivity index (χ0) is 22.5. The normalized spacial score (nSPS) is 14.9. The average molecular weight is 433 g/mol. The summed E-state index contributed by atoms with van der Waals surface area (Å²) in [6.45, 7) is 1.40. The molecule has 154 valence electrons. The monoisotopic (exact) mass is 433 g/mol. The third kappa shape index (κ3) is 4.98. The minimum Gasteiger partial charge on any atom is -0.326 e. The molecule has 0 bridgehead atoms. The molecule has 31 heavy (non-hydrogen) atoms. The van der Waals surface area contributed by atoms with Crippen LogP contribution in [0.1, 0.15) is 18.1 Å². The van der Waals surface area contributed by atoms with Gasteiger partial charge in [-0.15, -0.1) is 0 Å². The van der Waals surface area contributed by atoms with Gasteiger partial charge in [0, 0.05) is 30.9 Å². The standard InChI is InChI=1S/C21H15N5O4S/c1-13(27)23-17-6-2-14(3-7-17)10-19-20(28)24-21(31)25(19)12-16(11-22)15-4-8-18(9-5-15)26(29)30/h2-10,12H,1H3,(H,23,27)(H,24,28,31)/b16-12-,19-10-. The molecule has 0 aliphatic carbocycles. The lowest BCUT2D eigenvalue weighted by atomic mass is 10.1. The van der Waals surface area contributed by atoms with Crippen LogP contribution in [0.15, 0.2) is 60.4 Å². The molecule has 9 nitrogen and oxygen atoms in total. The molecule has 2 aromatic carbocycles. The first-order valence-electron chi connectivity index (χ1n) is 8.89. The Kier molecular flexibility index (Phi) is 6.18. The maximum atomic E-state index is 12.4. The molecule has 1 heterocycles. The van der Waals surface area contributed by atoms with Crippen LogP contribution < -0.4 is 10.6 Å². The summed E-state index contributed by atoms with van der Waals surface area (Å²) < 4.78 is 0. The Balaban J connectivity index is 1.94. The second-order valence-corrected chi connectivity index (χ2v) is 6.81. The first-order chi connectivity index (χ1) is 14.8.